The van der Waals surface area contributed by atoms with Crippen LogP contribution in [0, 0.1) is 6.92 Å². The van der Waals surface area contributed by atoms with Crippen molar-refractivity contribution in [2.24, 2.45) is 0 Å². The first-order chi connectivity index (χ1) is 9.56. The lowest BCUT2D eigenvalue weighted by Gasteiger charge is -2.17. The summed E-state index contributed by atoms with van der Waals surface area (Å²) in [5.41, 5.74) is 2.98. The fourth-order valence-corrected chi connectivity index (χ4v) is 2.23. The van der Waals surface area contributed by atoms with E-state index in [1.807, 2.05) is 31.2 Å². The van der Waals surface area contributed by atoms with Gasteiger partial charge in [-0.25, -0.2) is 0 Å². The third-order valence-electron chi connectivity index (χ3n) is 3.12. The molecule has 106 valence electrons. The van der Waals surface area contributed by atoms with Crippen LogP contribution in [0.3, 0.4) is 0 Å². The molecule has 6 heteroatoms. The number of aromatic amines is 1. The van der Waals surface area contributed by atoms with Crippen molar-refractivity contribution < 1.29 is 9.90 Å². The van der Waals surface area contributed by atoms with Crippen molar-refractivity contribution in [3.63, 3.8) is 0 Å². The predicted octanol–water partition coefficient (Wildman–Crippen LogP) is 2.79. The minimum absolute atomic E-state index is 0.0402. The first kappa shape index (κ1) is 14.7. The number of rotatable bonds is 6. The van der Waals surface area contributed by atoms with Gasteiger partial charge in [-0.1, -0.05) is 28.1 Å². The van der Waals surface area contributed by atoms with Gasteiger partial charge in [-0.15, -0.1) is 0 Å². The lowest BCUT2D eigenvalue weighted by atomic mass is 10.0. The summed E-state index contributed by atoms with van der Waals surface area (Å²) in [5, 5.41) is 19.1. The molecule has 3 N–H and O–H groups in total. The second kappa shape index (κ2) is 6.67. The largest absolute Gasteiger partial charge is 0.481 e. The normalized spacial score (nSPS) is 12.3. The average Bonchev–Trinajstić information content (AvgIpc) is 2.81. The molecule has 0 radical (unpaired) electrons. The number of carbonyl (C=O) groups is 1. The number of carboxylic acid groups (broad SMARTS) is 1. The van der Waals surface area contributed by atoms with E-state index in [9.17, 15) is 4.79 Å². The van der Waals surface area contributed by atoms with E-state index in [0.717, 1.165) is 21.3 Å². The third-order valence-corrected chi connectivity index (χ3v) is 3.65. The van der Waals surface area contributed by atoms with Crippen molar-refractivity contribution >= 4 is 21.9 Å². The molecular weight excluding hydrogens is 322 g/mol. The zero-order valence-electron chi connectivity index (χ0n) is 11.1. The molecule has 1 heterocycles. The van der Waals surface area contributed by atoms with Crippen molar-refractivity contribution in [3.05, 3.63) is 51.8 Å². The molecule has 0 aliphatic heterocycles. The van der Waals surface area contributed by atoms with Crippen LogP contribution in [0.25, 0.3) is 0 Å². The summed E-state index contributed by atoms with van der Waals surface area (Å²) >= 11 is 3.38. The van der Waals surface area contributed by atoms with E-state index in [4.69, 9.17) is 5.11 Å². The van der Waals surface area contributed by atoms with E-state index in [0.29, 0.717) is 6.54 Å². The Balaban J connectivity index is 2.09. The third kappa shape index (κ3) is 3.91. The molecule has 2 rings (SSSR count). The first-order valence-corrected chi connectivity index (χ1v) is 7.05. The maximum absolute atomic E-state index is 11.0. The van der Waals surface area contributed by atoms with Gasteiger partial charge >= 0.3 is 5.97 Å². The molecule has 1 unspecified atom stereocenters. The van der Waals surface area contributed by atoms with Crippen molar-refractivity contribution in [1.82, 2.24) is 15.5 Å². The van der Waals surface area contributed by atoms with E-state index in [1.165, 1.54) is 0 Å². The summed E-state index contributed by atoms with van der Waals surface area (Å²) in [6.07, 6.45) is 1.79. The van der Waals surface area contributed by atoms with Crippen LogP contribution in [-0.4, -0.2) is 21.3 Å². The Bertz CT molecular complexity index is 580. The Hall–Kier alpha value is -1.66. The number of nitrogens with one attached hydrogen (secondary N) is 2. The Morgan fingerprint density at radius 3 is 2.70 bits per heavy atom. The van der Waals surface area contributed by atoms with E-state index in [-0.39, 0.29) is 12.5 Å². The number of benzene rings is 1. The van der Waals surface area contributed by atoms with Crippen LogP contribution in [0.5, 0.6) is 0 Å². The highest BCUT2D eigenvalue weighted by Crippen LogP contribution is 2.20. The number of hydrogen-bond donors (Lipinski definition) is 3. The molecule has 20 heavy (non-hydrogen) atoms. The van der Waals surface area contributed by atoms with Crippen LogP contribution in [-0.2, 0) is 11.3 Å². The molecule has 0 bridgehead atoms. The minimum atomic E-state index is -0.825. The summed E-state index contributed by atoms with van der Waals surface area (Å²) in [6.45, 7) is 2.52. The van der Waals surface area contributed by atoms with Crippen LogP contribution in [0.15, 0.2) is 34.9 Å². The summed E-state index contributed by atoms with van der Waals surface area (Å²) in [4.78, 5) is 11.0. The Kier molecular flexibility index (Phi) is 4.92. The van der Waals surface area contributed by atoms with Crippen LogP contribution < -0.4 is 5.32 Å². The topological polar surface area (TPSA) is 78.0 Å². The zero-order valence-corrected chi connectivity index (χ0v) is 12.6. The maximum Gasteiger partial charge on any atom is 0.305 e. The molecule has 2 aromatic rings. The lowest BCUT2D eigenvalue weighted by Crippen LogP contribution is -2.23. The number of aryl methyl sites for hydroxylation is 1. The smallest absolute Gasteiger partial charge is 0.305 e. The first-order valence-electron chi connectivity index (χ1n) is 6.25. The number of hydrogen-bond acceptors (Lipinski definition) is 3. The Morgan fingerprint density at radius 2 is 2.15 bits per heavy atom. The lowest BCUT2D eigenvalue weighted by molar-refractivity contribution is -0.137. The van der Waals surface area contributed by atoms with Crippen LogP contribution in [0.4, 0.5) is 0 Å². The molecule has 0 saturated carbocycles. The molecule has 0 aliphatic carbocycles. The maximum atomic E-state index is 11.0. The van der Waals surface area contributed by atoms with Crippen molar-refractivity contribution in [3.8, 4) is 0 Å². The van der Waals surface area contributed by atoms with Crippen molar-refractivity contribution in [2.75, 3.05) is 0 Å². The van der Waals surface area contributed by atoms with E-state index < -0.39 is 5.97 Å². The number of aromatic nitrogens is 2. The number of halogens is 1. The molecule has 0 spiro atoms. The van der Waals surface area contributed by atoms with Gasteiger partial charge in [0.25, 0.3) is 0 Å². The predicted molar refractivity (Wildman–Crippen MR) is 79.3 cm³/mol. The SMILES string of the molecule is Cc1[nH]ncc1CNC(CC(=O)O)c1ccc(Br)cc1. The summed E-state index contributed by atoms with van der Waals surface area (Å²) in [7, 11) is 0. The second-order valence-electron chi connectivity index (χ2n) is 4.60. The minimum Gasteiger partial charge on any atom is -0.481 e. The summed E-state index contributed by atoms with van der Waals surface area (Å²) in [5.74, 6) is -0.825. The second-order valence-corrected chi connectivity index (χ2v) is 5.52. The number of H-pyrrole nitrogens is 1. The van der Waals surface area contributed by atoms with Gasteiger partial charge in [-0.3, -0.25) is 9.89 Å². The van der Waals surface area contributed by atoms with Gasteiger partial charge in [0, 0.05) is 28.3 Å². The molecule has 0 amide bonds. The molecular formula is C14H16BrN3O2. The quantitative estimate of drug-likeness (QED) is 0.757. The Morgan fingerprint density at radius 1 is 1.45 bits per heavy atom. The van der Waals surface area contributed by atoms with Gasteiger partial charge in [0.15, 0.2) is 0 Å². The average molecular weight is 338 g/mol. The molecule has 1 atom stereocenters. The van der Waals surface area contributed by atoms with Gasteiger partial charge in [-0.05, 0) is 24.6 Å². The Labute approximate surface area is 125 Å². The molecule has 1 aromatic heterocycles. The van der Waals surface area contributed by atoms with E-state index >= 15 is 0 Å². The number of carboxylic acids is 1. The highest BCUT2D eigenvalue weighted by atomic mass is 79.9. The summed E-state index contributed by atoms with van der Waals surface area (Å²) in [6, 6.07) is 7.44. The van der Waals surface area contributed by atoms with Gasteiger partial charge < -0.3 is 10.4 Å². The molecule has 0 saturated heterocycles. The van der Waals surface area contributed by atoms with Gasteiger partial charge in [0.2, 0.25) is 0 Å². The van der Waals surface area contributed by atoms with Crippen LogP contribution in [0.1, 0.15) is 29.3 Å². The van der Waals surface area contributed by atoms with Crippen LogP contribution >= 0.6 is 15.9 Å². The standard InChI is InChI=1S/C14H16BrN3O2/c1-9-11(8-17-18-9)7-16-13(6-14(19)20)10-2-4-12(15)5-3-10/h2-5,8,13,16H,6-7H2,1H3,(H,17,18)(H,19,20). The molecule has 0 aliphatic rings. The highest BCUT2D eigenvalue weighted by Gasteiger charge is 2.15. The van der Waals surface area contributed by atoms with Gasteiger partial charge in [0.1, 0.15) is 0 Å². The highest BCUT2D eigenvalue weighted by molar-refractivity contribution is 9.10. The number of aliphatic carboxylic acids is 1. The fourth-order valence-electron chi connectivity index (χ4n) is 1.96. The molecule has 1 aromatic carbocycles. The van der Waals surface area contributed by atoms with Gasteiger partial charge in [0.05, 0.1) is 12.6 Å². The zero-order chi connectivity index (χ0) is 14.5. The number of nitrogens with zero attached hydrogens (tertiary/aromatic N) is 1. The monoisotopic (exact) mass is 337 g/mol. The van der Waals surface area contributed by atoms with Crippen molar-refractivity contribution in [1.29, 1.82) is 0 Å². The summed E-state index contributed by atoms with van der Waals surface area (Å²) < 4.78 is 0.973. The van der Waals surface area contributed by atoms with E-state index in [2.05, 4.69) is 31.4 Å². The van der Waals surface area contributed by atoms with E-state index in [1.54, 1.807) is 6.20 Å². The molecule has 5 nitrogen and oxygen atoms in total. The molecule has 0 fully saturated rings. The fraction of sp³-hybridized carbons (Fsp3) is 0.286. The van der Waals surface area contributed by atoms with Crippen molar-refractivity contribution in [2.45, 2.75) is 25.9 Å². The van der Waals surface area contributed by atoms with Gasteiger partial charge in [-0.2, -0.15) is 5.10 Å². The van der Waals surface area contributed by atoms with Crippen LogP contribution in [0.2, 0.25) is 0 Å².